The van der Waals surface area contributed by atoms with Gasteiger partial charge in [-0.1, -0.05) is 18.5 Å². The highest BCUT2D eigenvalue weighted by atomic mass is 35.5. The van der Waals surface area contributed by atoms with Crippen molar-refractivity contribution in [2.45, 2.75) is 34.1 Å². The molecule has 19 heavy (non-hydrogen) atoms. The molecule has 2 aromatic rings. The molecule has 0 atom stereocenters. The number of halogens is 1. The normalized spacial score (nSPS) is 10.8. The summed E-state index contributed by atoms with van der Waals surface area (Å²) in [6.45, 7) is 8.73. The molecule has 0 aromatic carbocycles. The molecule has 0 fully saturated rings. The first kappa shape index (κ1) is 13.8. The van der Waals surface area contributed by atoms with Crippen molar-refractivity contribution in [3.05, 3.63) is 28.2 Å². The van der Waals surface area contributed by atoms with E-state index >= 15 is 0 Å². The Morgan fingerprint density at radius 1 is 1.32 bits per heavy atom. The monoisotopic (exact) mass is 279 g/mol. The third-order valence-electron chi connectivity index (χ3n) is 2.88. The molecule has 0 aliphatic rings. The standard InChI is InChI=1S/C13H18ClN5/c1-5-6-15-13-16-7-8(2)12(17-13)19-10(4)11(14)9(3)18-19/h7H,5-6H2,1-4H3,(H,15,16,17). The third-order valence-corrected chi connectivity index (χ3v) is 3.43. The number of nitrogens with one attached hydrogen (secondary N) is 1. The molecule has 6 heteroatoms. The molecule has 0 unspecified atom stereocenters. The fraction of sp³-hybridized carbons (Fsp3) is 0.462. The van der Waals surface area contributed by atoms with Crippen molar-refractivity contribution >= 4 is 17.5 Å². The molecule has 5 nitrogen and oxygen atoms in total. The SMILES string of the molecule is CCCNc1ncc(C)c(-n2nc(C)c(Cl)c2C)n1. The highest BCUT2D eigenvalue weighted by Gasteiger charge is 2.14. The summed E-state index contributed by atoms with van der Waals surface area (Å²) in [5.41, 5.74) is 2.66. The lowest BCUT2D eigenvalue weighted by molar-refractivity contribution is 0.791. The molecule has 0 aliphatic carbocycles. The van der Waals surface area contributed by atoms with Gasteiger partial charge >= 0.3 is 0 Å². The average molecular weight is 280 g/mol. The van der Waals surface area contributed by atoms with Crippen LogP contribution in [0.2, 0.25) is 5.02 Å². The summed E-state index contributed by atoms with van der Waals surface area (Å²) in [7, 11) is 0. The topological polar surface area (TPSA) is 55.6 Å². The highest BCUT2D eigenvalue weighted by Crippen LogP contribution is 2.23. The lowest BCUT2D eigenvalue weighted by atomic mass is 10.3. The summed E-state index contributed by atoms with van der Waals surface area (Å²) >= 11 is 6.18. The Labute approximate surface area is 118 Å². The van der Waals surface area contributed by atoms with Crippen LogP contribution >= 0.6 is 11.6 Å². The Kier molecular flexibility index (Phi) is 4.04. The van der Waals surface area contributed by atoms with E-state index in [1.165, 1.54) is 0 Å². The molecule has 0 bridgehead atoms. The Bertz CT molecular complexity index is 591. The minimum absolute atomic E-state index is 0.617. The molecular weight excluding hydrogens is 262 g/mol. The number of anilines is 1. The number of nitrogens with zero attached hydrogens (tertiary/aromatic N) is 4. The summed E-state index contributed by atoms with van der Waals surface area (Å²) in [5.74, 6) is 1.38. The van der Waals surface area contributed by atoms with Crippen LogP contribution < -0.4 is 5.32 Å². The van der Waals surface area contributed by atoms with Gasteiger partial charge in [-0.25, -0.2) is 9.67 Å². The van der Waals surface area contributed by atoms with Crippen LogP contribution in [0.15, 0.2) is 6.20 Å². The number of aromatic nitrogens is 4. The average Bonchev–Trinajstić information content (AvgIpc) is 2.65. The van der Waals surface area contributed by atoms with Crippen molar-refractivity contribution in [3.8, 4) is 5.82 Å². The van der Waals surface area contributed by atoms with Crippen molar-refractivity contribution < 1.29 is 0 Å². The maximum atomic E-state index is 6.18. The van der Waals surface area contributed by atoms with Gasteiger partial charge in [-0.3, -0.25) is 0 Å². The van der Waals surface area contributed by atoms with E-state index in [0.29, 0.717) is 11.0 Å². The minimum Gasteiger partial charge on any atom is -0.354 e. The molecule has 1 N–H and O–H groups in total. The quantitative estimate of drug-likeness (QED) is 0.934. The second-order valence-corrected chi connectivity index (χ2v) is 4.90. The smallest absolute Gasteiger partial charge is 0.224 e. The van der Waals surface area contributed by atoms with Crippen molar-refractivity contribution in [3.63, 3.8) is 0 Å². The van der Waals surface area contributed by atoms with Crippen LogP contribution in [0.4, 0.5) is 5.95 Å². The summed E-state index contributed by atoms with van der Waals surface area (Å²) in [4.78, 5) is 8.78. The van der Waals surface area contributed by atoms with Gasteiger partial charge in [0.1, 0.15) is 0 Å². The van der Waals surface area contributed by atoms with Crippen LogP contribution in [-0.2, 0) is 0 Å². The zero-order valence-electron chi connectivity index (χ0n) is 11.7. The Hall–Kier alpha value is -1.62. The summed E-state index contributed by atoms with van der Waals surface area (Å²) in [6, 6.07) is 0. The summed E-state index contributed by atoms with van der Waals surface area (Å²) < 4.78 is 1.77. The van der Waals surface area contributed by atoms with Gasteiger partial charge in [-0.15, -0.1) is 0 Å². The fourth-order valence-electron chi connectivity index (χ4n) is 1.80. The van der Waals surface area contributed by atoms with Crippen LogP contribution in [0.25, 0.3) is 5.82 Å². The Morgan fingerprint density at radius 2 is 2.05 bits per heavy atom. The van der Waals surface area contributed by atoms with E-state index < -0.39 is 0 Å². The number of rotatable bonds is 4. The van der Waals surface area contributed by atoms with E-state index in [4.69, 9.17) is 11.6 Å². The van der Waals surface area contributed by atoms with Gasteiger partial charge in [0.05, 0.1) is 16.4 Å². The van der Waals surface area contributed by atoms with E-state index in [1.807, 2.05) is 20.8 Å². The molecule has 0 saturated heterocycles. The first-order valence-corrected chi connectivity index (χ1v) is 6.72. The largest absolute Gasteiger partial charge is 0.354 e. The minimum atomic E-state index is 0.617. The third kappa shape index (κ3) is 2.71. The molecule has 0 amide bonds. The second-order valence-electron chi connectivity index (χ2n) is 4.52. The predicted octanol–water partition coefficient (Wildman–Crippen LogP) is 3.06. The van der Waals surface area contributed by atoms with Gasteiger partial charge in [0.25, 0.3) is 0 Å². The molecule has 0 radical (unpaired) electrons. The maximum Gasteiger partial charge on any atom is 0.224 e. The lowest BCUT2D eigenvalue weighted by Gasteiger charge is -2.09. The van der Waals surface area contributed by atoms with Crippen molar-refractivity contribution in [1.82, 2.24) is 19.7 Å². The van der Waals surface area contributed by atoms with Crippen LogP contribution in [0.5, 0.6) is 0 Å². The molecule has 0 saturated carbocycles. The van der Waals surface area contributed by atoms with E-state index in [1.54, 1.807) is 10.9 Å². The number of hydrogen-bond donors (Lipinski definition) is 1. The number of hydrogen-bond acceptors (Lipinski definition) is 4. The fourth-order valence-corrected chi connectivity index (χ4v) is 1.92. The van der Waals surface area contributed by atoms with Gasteiger partial charge in [-0.2, -0.15) is 10.1 Å². The predicted molar refractivity (Wildman–Crippen MR) is 77.2 cm³/mol. The van der Waals surface area contributed by atoms with Gasteiger partial charge in [-0.05, 0) is 27.2 Å². The Morgan fingerprint density at radius 3 is 2.63 bits per heavy atom. The van der Waals surface area contributed by atoms with E-state index in [2.05, 4.69) is 27.3 Å². The zero-order valence-corrected chi connectivity index (χ0v) is 12.4. The molecule has 2 aromatic heterocycles. The molecular formula is C13H18ClN5. The first-order valence-electron chi connectivity index (χ1n) is 6.34. The van der Waals surface area contributed by atoms with Gasteiger partial charge in [0, 0.05) is 18.3 Å². The van der Waals surface area contributed by atoms with Crippen LogP contribution in [0.3, 0.4) is 0 Å². The summed E-state index contributed by atoms with van der Waals surface area (Å²) in [6.07, 6.45) is 2.82. The second kappa shape index (κ2) is 5.57. The van der Waals surface area contributed by atoms with E-state index in [-0.39, 0.29) is 0 Å². The van der Waals surface area contributed by atoms with Crippen molar-refractivity contribution in [1.29, 1.82) is 0 Å². The highest BCUT2D eigenvalue weighted by molar-refractivity contribution is 6.31. The molecule has 2 heterocycles. The molecule has 0 aliphatic heterocycles. The first-order chi connectivity index (χ1) is 9.04. The van der Waals surface area contributed by atoms with E-state index in [0.717, 1.165) is 35.7 Å². The van der Waals surface area contributed by atoms with Gasteiger partial charge < -0.3 is 5.32 Å². The summed E-state index contributed by atoms with van der Waals surface area (Å²) in [5, 5.41) is 8.29. The van der Waals surface area contributed by atoms with Gasteiger partial charge in [0.2, 0.25) is 5.95 Å². The van der Waals surface area contributed by atoms with E-state index in [9.17, 15) is 0 Å². The van der Waals surface area contributed by atoms with Crippen molar-refractivity contribution in [2.75, 3.05) is 11.9 Å². The van der Waals surface area contributed by atoms with Crippen LogP contribution in [-0.4, -0.2) is 26.3 Å². The molecule has 2 rings (SSSR count). The van der Waals surface area contributed by atoms with Gasteiger partial charge in [0.15, 0.2) is 5.82 Å². The lowest BCUT2D eigenvalue weighted by Crippen LogP contribution is -2.10. The zero-order chi connectivity index (χ0) is 14.0. The van der Waals surface area contributed by atoms with Crippen molar-refractivity contribution in [2.24, 2.45) is 0 Å². The van der Waals surface area contributed by atoms with Crippen LogP contribution in [0.1, 0.15) is 30.3 Å². The molecule has 0 spiro atoms. The maximum absolute atomic E-state index is 6.18. The number of aryl methyl sites for hydroxylation is 2. The Balaban J connectivity index is 2.45. The molecule has 102 valence electrons. The van der Waals surface area contributed by atoms with Crippen LogP contribution in [0, 0.1) is 20.8 Å².